The topological polar surface area (TPSA) is 65.0 Å². The van der Waals surface area contributed by atoms with Gasteiger partial charge in [-0.15, -0.1) is 0 Å². The molecule has 5 heteroatoms. The van der Waals surface area contributed by atoms with Crippen LogP contribution < -0.4 is 0 Å². The molecule has 0 radical (unpaired) electrons. The summed E-state index contributed by atoms with van der Waals surface area (Å²) in [5.74, 6) is 0.379. The lowest BCUT2D eigenvalue weighted by atomic mass is 9.98. The molecule has 0 aliphatic heterocycles. The van der Waals surface area contributed by atoms with Crippen LogP contribution in [0.25, 0.3) is 99.9 Å². The Kier molecular flexibility index (Phi) is 4.18. The molecular formula is C43H25N3O2. The summed E-state index contributed by atoms with van der Waals surface area (Å²) in [6, 6.07) is 26.0. The largest absolute Gasteiger partial charge is 0.456 e. The van der Waals surface area contributed by atoms with Crippen molar-refractivity contribution in [3.8, 4) is 45.3 Å². The van der Waals surface area contributed by atoms with Crippen LogP contribution in [0.3, 0.4) is 0 Å². The first-order valence-electron chi connectivity index (χ1n) is 19.7. The summed E-state index contributed by atoms with van der Waals surface area (Å²) in [5.41, 5.74) is 3.82. The van der Waals surface area contributed by atoms with Gasteiger partial charge in [0, 0.05) is 38.1 Å². The summed E-state index contributed by atoms with van der Waals surface area (Å²) < 4.78 is 91.9. The Morgan fingerprint density at radius 2 is 1.12 bits per heavy atom. The number of aromatic nitrogens is 3. The Hall–Kier alpha value is -6.59. The van der Waals surface area contributed by atoms with E-state index in [2.05, 4.69) is 0 Å². The molecule has 0 unspecified atom stereocenters. The molecule has 0 fully saturated rings. The van der Waals surface area contributed by atoms with Crippen LogP contribution in [-0.2, 0) is 0 Å². The van der Waals surface area contributed by atoms with Gasteiger partial charge in [0.25, 0.3) is 0 Å². The van der Waals surface area contributed by atoms with Crippen LogP contribution in [0.1, 0.15) is 12.3 Å². The second kappa shape index (κ2) is 10.5. The van der Waals surface area contributed by atoms with Crippen molar-refractivity contribution in [3.05, 3.63) is 151 Å². The Balaban J connectivity index is 1.35. The minimum absolute atomic E-state index is 0.0729. The van der Waals surface area contributed by atoms with Gasteiger partial charge in [-0.2, -0.15) is 0 Å². The predicted octanol–water partition coefficient (Wildman–Crippen LogP) is 11.5. The standard InChI is InChI=1S/C43H25N3O2/c1-3-12-26(13-4-1)29-24-35(38-33-18-9-10-21-36(33)47-37(38)25-29)43-45-41(28-15-5-2-6-16-28)44-42(46-43)34-20-11-19-31-32-23-22-27-14-7-8-17-30(27)39(32)48-40(31)34/h1-25H/i7D,8D,11D,14D,17D,19D,20D,22D,23D. The van der Waals surface area contributed by atoms with Gasteiger partial charge in [-0.1, -0.05) is 121 Å². The SMILES string of the molecule is [2H]c1c([2H])c([2H])c2c(oc3c4c([2H])c([2H])c([2H])c([2H])c4c([2H])c([2H])c32)c1-c1nc(-c2ccccc2)nc(-c2cc(-c3ccccc3)cc3oc4ccccc4c23)n1. The molecule has 5 nitrogen and oxygen atoms in total. The highest BCUT2D eigenvalue weighted by Crippen LogP contribution is 2.41. The van der Waals surface area contributed by atoms with E-state index in [-0.39, 0.29) is 55.7 Å². The highest BCUT2D eigenvalue weighted by Gasteiger charge is 2.22. The Bertz CT molecular complexity index is 3350. The fourth-order valence-corrected chi connectivity index (χ4v) is 6.25. The number of para-hydroxylation sites is 2. The van der Waals surface area contributed by atoms with Gasteiger partial charge in [0.05, 0.1) is 17.9 Å². The molecule has 48 heavy (non-hydrogen) atoms. The highest BCUT2D eigenvalue weighted by atomic mass is 16.3. The molecule has 10 rings (SSSR count). The number of rotatable bonds is 4. The van der Waals surface area contributed by atoms with E-state index in [0.29, 0.717) is 22.3 Å². The fourth-order valence-electron chi connectivity index (χ4n) is 6.25. The van der Waals surface area contributed by atoms with Crippen molar-refractivity contribution in [1.29, 1.82) is 0 Å². The lowest BCUT2D eigenvalue weighted by Crippen LogP contribution is -2.01. The summed E-state index contributed by atoms with van der Waals surface area (Å²) in [5, 5.41) is 1.03. The quantitative estimate of drug-likeness (QED) is 0.195. The van der Waals surface area contributed by atoms with Crippen LogP contribution in [0.2, 0.25) is 0 Å². The molecule has 10 aromatic rings. The molecule has 0 saturated carbocycles. The van der Waals surface area contributed by atoms with E-state index >= 15 is 0 Å². The number of fused-ring (bicyclic) bond motifs is 8. The van der Waals surface area contributed by atoms with Crippen LogP contribution in [-0.4, -0.2) is 15.0 Å². The summed E-state index contributed by atoms with van der Waals surface area (Å²) in [4.78, 5) is 14.8. The van der Waals surface area contributed by atoms with Crippen LogP contribution in [0.4, 0.5) is 0 Å². The average Bonchev–Trinajstić information content (AvgIpc) is 3.82. The van der Waals surface area contributed by atoms with E-state index in [1.54, 1.807) is 0 Å². The first kappa shape index (κ1) is 19.2. The molecule has 0 aliphatic carbocycles. The third-order valence-electron chi connectivity index (χ3n) is 8.45. The number of hydrogen-bond acceptors (Lipinski definition) is 5. The van der Waals surface area contributed by atoms with E-state index in [1.165, 1.54) is 0 Å². The maximum Gasteiger partial charge on any atom is 0.167 e. The fraction of sp³-hybridized carbons (Fsp3) is 0. The zero-order valence-electron chi connectivity index (χ0n) is 33.9. The van der Waals surface area contributed by atoms with Crippen molar-refractivity contribution < 1.29 is 21.2 Å². The minimum Gasteiger partial charge on any atom is -0.456 e. The molecule has 224 valence electrons. The van der Waals surface area contributed by atoms with Gasteiger partial charge in [0.2, 0.25) is 0 Å². The molecule has 7 aromatic carbocycles. The second-order valence-electron chi connectivity index (χ2n) is 11.3. The zero-order valence-corrected chi connectivity index (χ0v) is 24.9. The van der Waals surface area contributed by atoms with Crippen molar-refractivity contribution in [1.82, 2.24) is 15.0 Å². The number of furan rings is 2. The van der Waals surface area contributed by atoms with E-state index in [0.717, 1.165) is 21.9 Å². The van der Waals surface area contributed by atoms with Crippen molar-refractivity contribution in [2.24, 2.45) is 0 Å². The number of hydrogen-bond donors (Lipinski definition) is 0. The van der Waals surface area contributed by atoms with Crippen molar-refractivity contribution in [2.45, 2.75) is 0 Å². The molecule has 0 saturated heterocycles. The Morgan fingerprint density at radius 3 is 1.98 bits per heavy atom. The molecule has 0 aliphatic rings. The van der Waals surface area contributed by atoms with Gasteiger partial charge >= 0.3 is 0 Å². The third kappa shape index (κ3) is 4.15. The summed E-state index contributed by atoms with van der Waals surface area (Å²) in [6.45, 7) is 0. The molecule has 0 amide bonds. The average molecular weight is 625 g/mol. The summed E-state index contributed by atoms with van der Waals surface area (Å²) in [7, 11) is 0. The van der Waals surface area contributed by atoms with Gasteiger partial charge in [-0.3, -0.25) is 0 Å². The van der Waals surface area contributed by atoms with E-state index in [9.17, 15) is 1.37 Å². The summed E-state index contributed by atoms with van der Waals surface area (Å²) >= 11 is 0. The minimum atomic E-state index is -0.568. The normalized spacial score (nSPS) is 14.4. The van der Waals surface area contributed by atoms with Gasteiger partial charge < -0.3 is 8.83 Å². The van der Waals surface area contributed by atoms with Gasteiger partial charge in [0.15, 0.2) is 17.5 Å². The third-order valence-corrected chi connectivity index (χ3v) is 8.45. The zero-order chi connectivity index (χ0) is 39.4. The second-order valence-corrected chi connectivity index (χ2v) is 11.3. The molecular weight excluding hydrogens is 590 g/mol. The van der Waals surface area contributed by atoms with Crippen LogP contribution in [0.15, 0.2) is 160 Å². The van der Waals surface area contributed by atoms with Gasteiger partial charge in [-0.25, -0.2) is 15.0 Å². The molecule has 3 heterocycles. The van der Waals surface area contributed by atoms with E-state index < -0.39 is 54.4 Å². The molecule has 0 bridgehead atoms. The maximum atomic E-state index is 9.25. The molecule has 0 spiro atoms. The number of nitrogens with zero attached hydrogens (tertiary/aromatic N) is 3. The lowest BCUT2D eigenvalue weighted by Gasteiger charge is -2.11. The van der Waals surface area contributed by atoms with Crippen molar-refractivity contribution in [2.75, 3.05) is 0 Å². The maximum absolute atomic E-state index is 9.25. The van der Waals surface area contributed by atoms with E-state index in [4.69, 9.17) is 34.8 Å². The monoisotopic (exact) mass is 624 g/mol. The van der Waals surface area contributed by atoms with Crippen LogP contribution in [0.5, 0.6) is 0 Å². The van der Waals surface area contributed by atoms with E-state index in [1.807, 2.05) is 97.1 Å². The first-order valence-corrected chi connectivity index (χ1v) is 15.2. The highest BCUT2D eigenvalue weighted by molar-refractivity contribution is 6.17. The van der Waals surface area contributed by atoms with Crippen LogP contribution in [0, 0.1) is 0 Å². The smallest absolute Gasteiger partial charge is 0.167 e. The Labute approximate surface area is 287 Å². The molecule has 3 aromatic heterocycles. The first-order chi connectivity index (χ1) is 27.5. The summed E-state index contributed by atoms with van der Waals surface area (Å²) in [6.07, 6.45) is 0. The van der Waals surface area contributed by atoms with Crippen LogP contribution >= 0.6 is 0 Å². The molecule has 0 atom stereocenters. The Morgan fingerprint density at radius 1 is 0.438 bits per heavy atom. The lowest BCUT2D eigenvalue weighted by molar-refractivity contribution is 0.669. The molecule has 0 N–H and O–H groups in total. The van der Waals surface area contributed by atoms with Gasteiger partial charge in [0.1, 0.15) is 22.3 Å². The predicted molar refractivity (Wildman–Crippen MR) is 194 cm³/mol. The van der Waals surface area contributed by atoms with Crippen molar-refractivity contribution in [3.63, 3.8) is 0 Å². The van der Waals surface area contributed by atoms with Crippen molar-refractivity contribution >= 4 is 54.6 Å². The van der Waals surface area contributed by atoms with Gasteiger partial charge in [-0.05, 0) is 46.8 Å². The number of benzene rings is 7.